The van der Waals surface area contributed by atoms with Gasteiger partial charge < -0.3 is 19.5 Å². The van der Waals surface area contributed by atoms with Gasteiger partial charge in [-0.25, -0.2) is 9.59 Å². The molecule has 142 valence electrons. The van der Waals surface area contributed by atoms with Crippen molar-refractivity contribution in [3.8, 4) is 5.75 Å². The third-order valence-corrected chi connectivity index (χ3v) is 3.74. The van der Waals surface area contributed by atoms with Crippen LogP contribution >= 0.6 is 0 Å². The molecule has 0 radical (unpaired) electrons. The molecule has 0 atom stereocenters. The maximum atomic E-state index is 12.2. The fourth-order valence-electron chi connectivity index (χ4n) is 2.37. The number of carbonyl (C=O) groups excluding carboxylic acids is 3. The van der Waals surface area contributed by atoms with Crippen molar-refractivity contribution in [1.82, 2.24) is 0 Å². The number of amides is 1. The number of methoxy groups -OCH3 is 2. The Bertz CT molecular complexity index is 812. The van der Waals surface area contributed by atoms with Crippen molar-refractivity contribution in [1.29, 1.82) is 0 Å². The van der Waals surface area contributed by atoms with E-state index < -0.39 is 11.9 Å². The van der Waals surface area contributed by atoms with Crippen LogP contribution in [0.15, 0.2) is 42.5 Å². The lowest BCUT2D eigenvalue weighted by molar-refractivity contribution is -0.116. The number of esters is 2. The van der Waals surface area contributed by atoms with Gasteiger partial charge in [0, 0.05) is 5.69 Å². The van der Waals surface area contributed by atoms with Crippen LogP contribution in [0.2, 0.25) is 0 Å². The largest absolute Gasteiger partial charge is 0.493 e. The highest BCUT2D eigenvalue weighted by atomic mass is 16.5. The predicted octanol–water partition coefficient (Wildman–Crippen LogP) is 2.98. The van der Waals surface area contributed by atoms with Crippen molar-refractivity contribution in [2.75, 3.05) is 26.1 Å². The summed E-state index contributed by atoms with van der Waals surface area (Å²) < 4.78 is 14.9. The van der Waals surface area contributed by atoms with Gasteiger partial charge in [0.1, 0.15) is 5.75 Å². The number of hydrogen-bond acceptors (Lipinski definition) is 6. The lowest BCUT2D eigenvalue weighted by Gasteiger charge is -2.11. The summed E-state index contributed by atoms with van der Waals surface area (Å²) in [6, 6.07) is 11.7. The van der Waals surface area contributed by atoms with Crippen LogP contribution in [-0.4, -0.2) is 38.7 Å². The molecule has 0 aliphatic rings. The van der Waals surface area contributed by atoms with E-state index in [9.17, 15) is 14.4 Å². The monoisotopic (exact) mass is 371 g/mol. The van der Waals surface area contributed by atoms with Crippen molar-refractivity contribution in [2.45, 2.75) is 13.3 Å². The Balaban J connectivity index is 2.04. The van der Waals surface area contributed by atoms with Crippen molar-refractivity contribution < 1.29 is 28.6 Å². The molecule has 0 fully saturated rings. The van der Waals surface area contributed by atoms with Gasteiger partial charge in [-0.15, -0.1) is 0 Å². The van der Waals surface area contributed by atoms with E-state index in [0.717, 1.165) is 5.56 Å². The van der Waals surface area contributed by atoms with Gasteiger partial charge in [0.2, 0.25) is 5.91 Å². The van der Waals surface area contributed by atoms with Crippen molar-refractivity contribution in [3.05, 3.63) is 59.2 Å². The molecular weight excluding hydrogens is 350 g/mol. The van der Waals surface area contributed by atoms with Gasteiger partial charge in [-0.05, 0) is 36.8 Å². The minimum Gasteiger partial charge on any atom is -0.493 e. The summed E-state index contributed by atoms with van der Waals surface area (Å²) in [5, 5.41) is 2.65. The smallest absolute Gasteiger partial charge is 0.337 e. The Morgan fingerprint density at radius 1 is 0.926 bits per heavy atom. The lowest BCUT2D eigenvalue weighted by Crippen LogP contribution is -2.16. The molecule has 2 aromatic carbocycles. The SMILES string of the molecule is COC(=O)c1cc(NC(=O)CCOc2ccccc2C)cc(C(=O)OC)c1. The van der Waals surface area contributed by atoms with E-state index in [4.69, 9.17) is 4.74 Å². The van der Waals surface area contributed by atoms with Crippen molar-refractivity contribution in [2.24, 2.45) is 0 Å². The zero-order chi connectivity index (χ0) is 19.8. The highest BCUT2D eigenvalue weighted by molar-refractivity contribution is 5.99. The predicted molar refractivity (Wildman–Crippen MR) is 99.0 cm³/mol. The minimum absolute atomic E-state index is 0.102. The first kappa shape index (κ1) is 20.0. The van der Waals surface area contributed by atoms with Crippen LogP contribution in [0.3, 0.4) is 0 Å². The van der Waals surface area contributed by atoms with Gasteiger partial charge >= 0.3 is 11.9 Å². The fourth-order valence-corrected chi connectivity index (χ4v) is 2.37. The normalized spacial score (nSPS) is 10.0. The molecule has 7 heteroatoms. The Kier molecular flexibility index (Phi) is 6.93. The second kappa shape index (κ2) is 9.38. The van der Waals surface area contributed by atoms with Crippen LogP contribution in [0.25, 0.3) is 0 Å². The number of carbonyl (C=O) groups is 3. The van der Waals surface area contributed by atoms with Crippen LogP contribution in [0.5, 0.6) is 5.75 Å². The topological polar surface area (TPSA) is 90.9 Å². The summed E-state index contributed by atoms with van der Waals surface area (Å²) >= 11 is 0. The van der Waals surface area contributed by atoms with Crippen LogP contribution in [-0.2, 0) is 14.3 Å². The third kappa shape index (κ3) is 5.57. The van der Waals surface area contributed by atoms with Crippen LogP contribution < -0.4 is 10.1 Å². The number of benzene rings is 2. The second-order valence-electron chi connectivity index (χ2n) is 5.69. The van der Waals surface area contributed by atoms with Gasteiger partial charge in [-0.1, -0.05) is 18.2 Å². The highest BCUT2D eigenvalue weighted by Crippen LogP contribution is 2.18. The summed E-state index contributed by atoms with van der Waals surface area (Å²) in [6.45, 7) is 2.11. The highest BCUT2D eigenvalue weighted by Gasteiger charge is 2.15. The number of rotatable bonds is 7. The van der Waals surface area contributed by atoms with Crippen LogP contribution in [0, 0.1) is 6.92 Å². The summed E-state index contributed by atoms with van der Waals surface area (Å²) in [6.07, 6.45) is 0.102. The molecular formula is C20H21NO6. The van der Waals surface area contributed by atoms with E-state index in [1.165, 1.54) is 32.4 Å². The maximum Gasteiger partial charge on any atom is 0.337 e. The van der Waals surface area contributed by atoms with Gasteiger partial charge in [0.15, 0.2) is 0 Å². The van der Waals surface area contributed by atoms with Crippen molar-refractivity contribution >= 4 is 23.5 Å². The Morgan fingerprint density at radius 3 is 2.07 bits per heavy atom. The zero-order valence-electron chi connectivity index (χ0n) is 15.4. The molecule has 2 rings (SSSR count). The summed E-state index contributed by atoms with van der Waals surface area (Å²) in [7, 11) is 2.46. The van der Waals surface area contributed by atoms with E-state index in [0.29, 0.717) is 11.4 Å². The van der Waals surface area contributed by atoms with E-state index in [1.54, 1.807) is 0 Å². The van der Waals surface area contributed by atoms with Gasteiger partial charge in [0.25, 0.3) is 0 Å². The summed E-state index contributed by atoms with van der Waals surface area (Å²) in [4.78, 5) is 35.7. The van der Waals surface area contributed by atoms with Crippen LogP contribution in [0.4, 0.5) is 5.69 Å². The molecule has 0 unspecified atom stereocenters. The first-order valence-electron chi connectivity index (χ1n) is 8.24. The number of anilines is 1. The Morgan fingerprint density at radius 2 is 1.52 bits per heavy atom. The molecule has 0 heterocycles. The first-order chi connectivity index (χ1) is 12.9. The molecule has 1 N–H and O–H groups in total. The fraction of sp³-hybridized carbons (Fsp3) is 0.250. The molecule has 0 aliphatic carbocycles. The summed E-state index contributed by atoms with van der Waals surface area (Å²) in [5.74, 6) is -0.856. The van der Waals surface area contributed by atoms with E-state index in [2.05, 4.69) is 14.8 Å². The molecule has 0 aliphatic heterocycles. The minimum atomic E-state index is -0.626. The molecule has 0 saturated heterocycles. The summed E-state index contributed by atoms with van der Waals surface area (Å²) in [5.41, 5.74) is 1.53. The number of para-hydroxylation sites is 1. The zero-order valence-corrected chi connectivity index (χ0v) is 15.4. The number of hydrogen-bond donors (Lipinski definition) is 1. The molecule has 7 nitrogen and oxygen atoms in total. The Labute approximate surface area is 157 Å². The molecule has 27 heavy (non-hydrogen) atoms. The maximum absolute atomic E-state index is 12.2. The molecule has 0 aromatic heterocycles. The van der Waals surface area contributed by atoms with Gasteiger partial charge in [-0.3, -0.25) is 4.79 Å². The number of ether oxygens (including phenoxy) is 3. The van der Waals surface area contributed by atoms with Gasteiger partial charge in [-0.2, -0.15) is 0 Å². The average molecular weight is 371 g/mol. The molecule has 1 amide bonds. The number of nitrogens with one attached hydrogen (secondary N) is 1. The Hall–Kier alpha value is -3.35. The van der Waals surface area contributed by atoms with Crippen molar-refractivity contribution in [3.63, 3.8) is 0 Å². The molecule has 2 aromatic rings. The van der Waals surface area contributed by atoms with Crippen LogP contribution in [0.1, 0.15) is 32.7 Å². The average Bonchev–Trinajstić information content (AvgIpc) is 2.67. The molecule has 0 bridgehead atoms. The quantitative estimate of drug-likeness (QED) is 0.753. The first-order valence-corrected chi connectivity index (χ1v) is 8.24. The van der Waals surface area contributed by atoms with Gasteiger partial charge in [0.05, 0.1) is 38.4 Å². The second-order valence-corrected chi connectivity index (χ2v) is 5.69. The molecule has 0 spiro atoms. The van der Waals surface area contributed by atoms with E-state index >= 15 is 0 Å². The lowest BCUT2D eigenvalue weighted by atomic mass is 10.1. The molecule has 0 saturated carbocycles. The van der Waals surface area contributed by atoms with E-state index in [1.807, 2.05) is 31.2 Å². The third-order valence-electron chi connectivity index (χ3n) is 3.74. The number of aryl methyl sites for hydroxylation is 1. The van der Waals surface area contributed by atoms with E-state index in [-0.39, 0.29) is 30.1 Å². The standard InChI is InChI=1S/C20H21NO6/c1-13-6-4-5-7-17(13)27-9-8-18(22)21-16-11-14(19(23)25-2)10-15(12-16)20(24)26-3/h4-7,10-12H,8-9H2,1-3H3,(H,21,22).